The zero-order valence-corrected chi connectivity index (χ0v) is 10.0. The Hall–Kier alpha value is -1.76. The zero-order chi connectivity index (χ0) is 12.8. The second-order valence-electron chi connectivity index (χ2n) is 3.18. The van der Waals surface area contributed by atoms with Crippen molar-refractivity contribution in [1.82, 2.24) is 0 Å². The monoisotopic (exact) mass is 256 g/mol. The molecule has 17 heavy (non-hydrogen) atoms. The molecule has 0 saturated heterocycles. The van der Waals surface area contributed by atoms with Gasteiger partial charge in [-0.25, -0.2) is 0 Å². The maximum atomic E-state index is 10.9. The van der Waals surface area contributed by atoms with Gasteiger partial charge in [0.1, 0.15) is 5.69 Å². The molecule has 0 amide bonds. The fraction of sp³-hybridized carbons (Fsp3) is 0.300. The van der Waals surface area contributed by atoms with E-state index in [1.54, 1.807) is 12.1 Å². The first kappa shape index (κ1) is 13.3. The number of esters is 1. The van der Waals surface area contributed by atoms with Gasteiger partial charge in [0.25, 0.3) is 5.69 Å². The summed E-state index contributed by atoms with van der Waals surface area (Å²) in [4.78, 5) is 21.0. The van der Waals surface area contributed by atoms with Crippen molar-refractivity contribution < 1.29 is 14.5 Å². The maximum Gasteiger partial charge on any atom is 0.315 e. The largest absolute Gasteiger partial charge is 0.468 e. The highest BCUT2D eigenvalue weighted by Gasteiger charge is 2.14. The van der Waals surface area contributed by atoms with Crippen molar-refractivity contribution in [3.05, 3.63) is 33.9 Å². The number of anilines is 1. The summed E-state index contributed by atoms with van der Waals surface area (Å²) in [6.07, 6.45) is 0. The van der Waals surface area contributed by atoms with E-state index in [9.17, 15) is 14.9 Å². The van der Waals surface area contributed by atoms with Gasteiger partial charge in [-0.1, -0.05) is 12.1 Å². The molecule has 1 aromatic carbocycles. The van der Waals surface area contributed by atoms with Gasteiger partial charge < -0.3 is 10.5 Å². The number of nitro benzene ring substituents is 1. The molecule has 0 radical (unpaired) electrons. The fourth-order valence-corrected chi connectivity index (χ4v) is 2.05. The Balaban J connectivity index is 2.69. The normalized spacial score (nSPS) is 9.94. The molecule has 0 saturated carbocycles. The molecule has 0 aliphatic rings. The van der Waals surface area contributed by atoms with Crippen LogP contribution < -0.4 is 5.73 Å². The lowest BCUT2D eigenvalue weighted by Gasteiger charge is -2.05. The summed E-state index contributed by atoms with van der Waals surface area (Å²) in [7, 11) is 1.31. The molecule has 0 unspecified atom stereocenters. The van der Waals surface area contributed by atoms with Crippen molar-refractivity contribution in [3.8, 4) is 0 Å². The predicted octanol–water partition coefficient (Wildman–Crippen LogP) is 1.58. The summed E-state index contributed by atoms with van der Waals surface area (Å²) >= 11 is 1.30. The average molecular weight is 256 g/mol. The number of rotatable bonds is 5. The average Bonchev–Trinajstić information content (AvgIpc) is 2.30. The van der Waals surface area contributed by atoms with Crippen molar-refractivity contribution >= 4 is 29.1 Å². The Morgan fingerprint density at radius 2 is 2.29 bits per heavy atom. The molecule has 0 aromatic heterocycles. The highest BCUT2D eigenvalue weighted by molar-refractivity contribution is 7.99. The molecule has 1 aromatic rings. The minimum Gasteiger partial charge on any atom is -0.468 e. The van der Waals surface area contributed by atoms with Crippen molar-refractivity contribution in [2.24, 2.45) is 0 Å². The third kappa shape index (κ3) is 3.63. The second-order valence-corrected chi connectivity index (χ2v) is 4.16. The molecule has 1 rings (SSSR count). The van der Waals surface area contributed by atoms with Gasteiger partial charge in [0.2, 0.25) is 0 Å². The van der Waals surface area contributed by atoms with Gasteiger partial charge in [-0.05, 0) is 5.56 Å². The van der Waals surface area contributed by atoms with Crippen LogP contribution in [0.2, 0.25) is 0 Å². The van der Waals surface area contributed by atoms with Gasteiger partial charge >= 0.3 is 5.97 Å². The van der Waals surface area contributed by atoms with Gasteiger partial charge in [-0.3, -0.25) is 14.9 Å². The van der Waals surface area contributed by atoms with Gasteiger partial charge in [0, 0.05) is 11.8 Å². The molecular weight excluding hydrogens is 244 g/mol. The maximum absolute atomic E-state index is 10.9. The summed E-state index contributed by atoms with van der Waals surface area (Å²) < 4.78 is 4.48. The van der Waals surface area contributed by atoms with E-state index in [2.05, 4.69) is 4.74 Å². The highest BCUT2D eigenvalue weighted by Crippen LogP contribution is 2.27. The molecule has 0 bridgehead atoms. The third-order valence-electron chi connectivity index (χ3n) is 2.08. The van der Waals surface area contributed by atoms with E-state index in [1.165, 1.54) is 24.9 Å². The van der Waals surface area contributed by atoms with Gasteiger partial charge in [0.15, 0.2) is 0 Å². The van der Waals surface area contributed by atoms with Crippen LogP contribution in [0.1, 0.15) is 5.56 Å². The van der Waals surface area contributed by atoms with Gasteiger partial charge in [-0.15, -0.1) is 11.8 Å². The van der Waals surface area contributed by atoms with Crippen molar-refractivity contribution in [1.29, 1.82) is 0 Å². The summed E-state index contributed by atoms with van der Waals surface area (Å²) in [6.45, 7) is 0. The van der Waals surface area contributed by atoms with Crippen LogP contribution in [0.5, 0.6) is 0 Å². The molecule has 92 valence electrons. The lowest BCUT2D eigenvalue weighted by molar-refractivity contribution is -0.383. The standard InChI is InChI=1S/C10H12N2O4S/c1-16-9(13)6-17-5-7-3-2-4-8(10(7)11)12(14)15/h2-4H,5-6,11H2,1H3. The zero-order valence-electron chi connectivity index (χ0n) is 9.21. The summed E-state index contributed by atoms with van der Waals surface area (Å²) in [6, 6.07) is 4.62. The number of nitrogens with zero attached hydrogens (tertiary/aromatic N) is 1. The molecule has 7 heteroatoms. The second kappa shape index (κ2) is 6.09. The molecule has 0 atom stereocenters. The number of ether oxygens (including phenoxy) is 1. The van der Waals surface area contributed by atoms with E-state index in [1.807, 2.05) is 0 Å². The molecule has 2 N–H and O–H groups in total. The van der Waals surface area contributed by atoms with E-state index in [-0.39, 0.29) is 23.1 Å². The number of methoxy groups -OCH3 is 1. The predicted molar refractivity (Wildman–Crippen MR) is 65.7 cm³/mol. The Kier molecular flexibility index (Phi) is 4.77. The van der Waals surface area contributed by atoms with E-state index < -0.39 is 4.92 Å². The number of para-hydroxylation sites is 1. The molecular formula is C10H12N2O4S. The topological polar surface area (TPSA) is 95.5 Å². The van der Waals surface area contributed by atoms with Crippen LogP contribution in [0.25, 0.3) is 0 Å². The van der Waals surface area contributed by atoms with Crippen LogP contribution in [-0.4, -0.2) is 23.8 Å². The Morgan fingerprint density at radius 3 is 2.88 bits per heavy atom. The summed E-state index contributed by atoms with van der Waals surface area (Å²) in [5, 5.41) is 10.6. The van der Waals surface area contributed by atoms with Crippen molar-refractivity contribution in [2.75, 3.05) is 18.6 Å². The molecule has 0 aliphatic heterocycles. The van der Waals surface area contributed by atoms with E-state index >= 15 is 0 Å². The van der Waals surface area contributed by atoms with Crippen molar-refractivity contribution in [2.45, 2.75) is 5.75 Å². The number of nitrogen functional groups attached to an aromatic ring is 1. The summed E-state index contributed by atoms with van der Waals surface area (Å²) in [5.41, 5.74) is 6.35. The molecule has 0 heterocycles. The summed E-state index contributed by atoms with van der Waals surface area (Å²) in [5.74, 6) is 0.292. The fourth-order valence-electron chi connectivity index (χ4n) is 1.19. The number of thioether (sulfide) groups is 1. The Bertz CT molecular complexity index is 436. The van der Waals surface area contributed by atoms with Crippen LogP contribution in [0.3, 0.4) is 0 Å². The Labute approximate surface area is 102 Å². The number of carbonyl (C=O) groups is 1. The highest BCUT2D eigenvalue weighted by atomic mass is 32.2. The SMILES string of the molecule is COC(=O)CSCc1cccc([N+](=O)[O-])c1N. The van der Waals surface area contributed by atoms with E-state index in [0.717, 1.165) is 0 Å². The minimum atomic E-state index is -0.524. The van der Waals surface area contributed by atoms with E-state index in [0.29, 0.717) is 11.3 Å². The lowest BCUT2D eigenvalue weighted by atomic mass is 10.2. The van der Waals surface area contributed by atoms with Gasteiger partial charge in [0.05, 0.1) is 17.8 Å². The quantitative estimate of drug-likeness (QED) is 0.372. The number of benzene rings is 1. The minimum absolute atomic E-state index is 0.110. The molecule has 0 aliphatic carbocycles. The molecule has 6 nitrogen and oxygen atoms in total. The number of carbonyl (C=O) groups excluding carboxylic acids is 1. The number of hydrogen-bond donors (Lipinski definition) is 1. The van der Waals surface area contributed by atoms with Crippen LogP contribution in [0, 0.1) is 10.1 Å². The van der Waals surface area contributed by atoms with Crippen molar-refractivity contribution in [3.63, 3.8) is 0 Å². The van der Waals surface area contributed by atoms with Crippen LogP contribution >= 0.6 is 11.8 Å². The van der Waals surface area contributed by atoms with E-state index in [4.69, 9.17) is 5.73 Å². The van der Waals surface area contributed by atoms with Crippen LogP contribution in [0.4, 0.5) is 11.4 Å². The first-order chi connectivity index (χ1) is 8.06. The third-order valence-corrected chi connectivity index (χ3v) is 3.03. The van der Waals surface area contributed by atoms with Crippen LogP contribution in [0.15, 0.2) is 18.2 Å². The smallest absolute Gasteiger partial charge is 0.315 e. The lowest BCUT2D eigenvalue weighted by Crippen LogP contribution is -2.04. The Morgan fingerprint density at radius 1 is 1.59 bits per heavy atom. The first-order valence-corrected chi connectivity index (χ1v) is 5.88. The number of hydrogen-bond acceptors (Lipinski definition) is 6. The number of nitrogens with two attached hydrogens (primary N) is 1. The molecule has 0 spiro atoms. The molecule has 0 fully saturated rings. The number of nitro groups is 1. The van der Waals surface area contributed by atoms with Crippen LogP contribution in [-0.2, 0) is 15.3 Å². The first-order valence-electron chi connectivity index (χ1n) is 4.72. The van der Waals surface area contributed by atoms with Gasteiger partial charge in [-0.2, -0.15) is 0 Å².